The highest BCUT2D eigenvalue weighted by molar-refractivity contribution is 7.14. The van der Waals surface area contributed by atoms with Gasteiger partial charge in [-0.2, -0.15) is 13.2 Å². The van der Waals surface area contributed by atoms with E-state index >= 15 is 0 Å². The molecule has 1 atom stereocenters. The van der Waals surface area contributed by atoms with Crippen molar-refractivity contribution in [2.45, 2.75) is 25.6 Å². The number of nitrogens with zero attached hydrogens (tertiary/aromatic N) is 1. The van der Waals surface area contributed by atoms with Crippen LogP contribution < -0.4 is 15.4 Å². The second kappa shape index (κ2) is 10.4. The lowest BCUT2D eigenvalue weighted by molar-refractivity contribution is -0.139. The second-order valence-electron chi connectivity index (χ2n) is 7.03. The highest BCUT2D eigenvalue weighted by Gasteiger charge is 2.34. The number of thiazole rings is 1. The first-order valence-electron chi connectivity index (χ1n) is 9.72. The van der Waals surface area contributed by atoms with E-state index in [9.17, 15) is 27.2 Å². The van der Waals surface area contributed by atoms with E-state index in [1.165, 1.54) is 42.5 Å². The number of ether oxygens (including phenoxy) is 1. The van der Waals surface area contributed by atoms with Crippen LogP contribution in [0, 0.1) is 5.82 Å². The maximum Gasteiger partial charge on any atom is 0.419 e. The molecule has 1 heterocycles. The van der Waals surface area contributed by atoms with Gasteiger partial charge in [-0.1, -0.05) is 24.3 Å². The van der Waals surface area contributed by atoms with Crippen LogP contribution >= 0.6 is 11.3 Å². The number of anilines is 1. The Morgan fingerprint density at radius 2 is 1.82 bits per heavy atom. The van der Waals surface area contributed by atoms with E-state index < -0.39 is 35.4 Å². The summed E-state index contributed by atoms with van der Waals surface area (Å²) in [6.45, 7) is 1.43. The maximum atomic E-state index is 13.7. The Kier molecular flexibility index (Phi) is 7.64. The maximum absolute atomic E-state index is 13.7. The lowest BCUT2D eigenvalue weighted by Gasteiger charge is -2.17. The molecule has 1 aromatic heterocycles. The van der Waals surface area contributed by atoms with Gasteiger partial charge in [0.1, 0.15) is 18.2 Å². The van der Waals surface area contributed by atoms with E-state index in [0.29, 0.717) is 5.69 Å². The largest absolute Gasteiger partial charge is 0.491 e. The molecule has 0 radical (unpaired) electrons. The van der Waals surface area contributed by atoms with Gasteiger partial charge < -0.3 is 10.1 Å². The number of nitrogens with one attached hydrogen (secondary N) is 2. The third kappa shape index (κ3) is 6.75. The fourth-order valence-electron chi connectivity index (χ4n) is 2.83. The van der Waals surface area contributed by atoms with Crippen LogP contribution in [-0.4, -0.2) is 29.4 Å². The van der Waals surface area contributed by atoms with E-state index in [4.69, 9.17) is 4.74 Å². The summed E-state index contributed by atoms with van der Waals surface area (Å²) in [4.78, 5) is 28.5. The van der Waals surface area contributed by atoms with Crippen molar-refractivity contribution in [3.05, 3.63) is 76.5 Å². The molecule has 0 saturated heterocycles. The average Bonchev–Trinajstić information content (AvgIpc) is 3.18. The number of alkyl halides is 3. The predicted octanol–water partition coefficient (Wildman–Crippen LogP) is 4.68. The summed E-state index contributed by atoms with van der Waals surface area (Å²) in [6.07, 6.45) is -4.66. The Morgan fingerprint density at radius 1 is 1.12 bits per heavy atom. The standard InChI is InChI=1S/C22H19F4N3O3S/c1-13(11-32-18-9-5-3-7-16(18)22(24,25)26)27-19(30)10-14-12-33-21(28-14)29-20(31)15-6-2-4-8-17(15)23/h2-9,12-13H,10-11H2,1H3,(H,27,30)(H,28,29,31). The Labute approximate surface area is 190 Å². The molecular formula is C22H19F4N3O3S. The van der Waals surface area contributed by atoms with E-state index in [0.717, 1.165) is 17.4 Å². The molecule has 0 aliphatic rings. The van der Waals surface area contributed by atoms with E-state index in [1.807, 2.05) is 0 Å². The van der Waals surface area contributed by atoms with E-state index in [2.05, 4.69) is 15.6 Å². The summed E-state index contributed by atoms with van der Waals surface area (Å²) in [5.74, 6) is -2.07. The molecule has 6 nitrogen and oxygen atoms in total. The van der Waals surface area contributed by atoms with Crippen LogP contribution in [0.4, 0.5) is 22.7 Å². The first-order valence-corrected chi connectivity index (χ1v) is 10.6. The number of hydrogen-bond acceptors (Lipinski definition) is 5. The Hall–Kier alpha value is -3.47. The monoisotopic (exact) mass is 481 g/mol. The minimum absolute atomic E-state index is 0.116. The van der Waals surface area contributed by atoms with Gasteiger partial charge in [0.25, 0.3) is 5.91 Å². The lowest BCUT2D eigenvalue weighted by Crippen LogP contribution is -2.37. The SMILES string of the molecule is CC(COc1ccccc1C(F)(F)F)NC(=O)Cc1csc(NC(=O)c2ccccc2F)n1. The Balaban J connectivity index is 1.50. The van der Waals surface area contributed by atoms with E-state index in [1.54, 1.807) is 12.3 Å². The molecule has 1 unspecified atom stereocenters. The van der Waals surface area contributed by atoms with Gasteiger partial charge >= 0.3 is 6.18 Å². The van der Waals surface area contributed by atoms with Gasteiger partial charge in [0.15, 0.2) is 5.13 Å². The van der Waals surface area contributed by atoms with E-state index in [-0.39, 0.29) is 29.5 Å². The smallest absolute Gasteiger partial charge is 0.419 e. The Bertz CT molecular complexity index is 1130. The Morgan fingerprint density at radius 3 is 2.55 bits per heavy atom. The number of benzene rings is 2. The van der Waals surface area contributed by atoms with Crippen molar-refractivity contribution < 1.29 is 31.9 Å². The molecule has 174 valence electrons. The third-order valence-electron chi connectivity index (χ3n) is 4.32. The number of aromatic nitrogens is 1. The quantitative estimate of drug-likeness (QED) is 0.458. The number of para-hydroxylation sites is 1. The van der Waals surface area contributed by atoms with Crippen molar-refractivity contribution in [1.29, 1.82) is 0 Å². The van der Waals surface area contributed by atoms with Crippen LogP contribution in [0.5, 0.6) is 5.75 Å². The molecule has 11 heteroatoms. The summed E-state index contributed by atoms with van der Waals surface area (Å²) in [5, 5.41) is 6.86. The van der Waals surface area contributed by atoms with Crippen LogP contribution in [0.1, 0.15) is 28.5 Å². The van der Waals surface area contributed by atoms with Crippen molar-refractivity contribution in [2.75, 3.05) is 11.9 Å². The van der Waals surface area contributed by atoms with Gasteiger partial charge in [0, 0.05) is 5.38 Å². The number of hydrogen-bond donors (Lipinski definition) is 2. The van der Waals surface area contributed by atoms with Crippen molar-refractivity contribution in [3.63, 3.8) is 0 Å². The summed E-state index contributed by atoms with van der Waals surface area (Å²) in [6, 6.07) is 9.75. The fraction of sp³-hybridized carbons (Fsp3) is 0.227. The van der Waals surface area contributed by atoms with Crippen LogP contribution in [-0.2, 0) is 17.4 Å². The third-order valence-corrected chi connectivity index (χ3v) is 5.13. The normalized spacial score (nSPS) is 12.2. The minimum Gasteiger partial charge on any atom is -0.491 e. The molecule has 0 spiro atoms. The van der Waals surface area contributed by atoms with Gasteiger partial charge in [-0.05, 0) is 31.2 Å². The molecule has 0 bridgehead atoms. The first kappa shape index (κ1) is 24.2. The van der Waals surface area contributed by atoms with Crippen molar-refractivity contribution in [2.24, 2.45) is 0 Å². The molecule has 2 aromatic carbocycles. The first-order chi connectivity index (χ1) is 15.6. The number of carbonyl (C=O) groups excluding carboxylic acids is 2. The average molecular weight is 481 g/mol. The van der Waals surface area contributed by atoms with Crippen LogP contribution in [0.2, 0.25) is 0 Å². The van der Waals surface area contributed by atoms with Crippen molar-refractivity contribution in [3.8, 4) is 5.75 Å². The van der Waals surface area contributed by atoms with Crippen LogP contribution in [0.25, 0.3) is 0 Å². The van der Waals surface area contributed by atoms with Gasteiger partial charge in [-0.3, -0.25) is 14.9 Å². The summed E-state index contributed by atoms with van der Waals surface area (Å²) in [7, 11) is 0. The molecule has 3 aromatic rings. The van der Waals surface area contributed by atoms with Crippen LogP contribution in [0.15, 0.2) is 53.9 Å². The topological polar surface area (TPSA) is 80.3 Å². The molecule has 0 fully saturated rings. The zero-order valence-corrected chi connectivity index (χ0v) is 18.1. The van der Waals surface area contributed by atoms with Crippen molar-refractivity contribution >= 4 is 28.3 Å². The summed E-state index contributed by atoms with van der Waals surface area (Å²) in [5.41, 5.74) is -0.652. The summed E-state index contributed by atoms with van der Waals surface area (Å²) < 4.78 is 58.0. The van der Waals surface area contributed by atoms with Crippen LogP contribution in [0.3, 0.4) is 0 Å². The lowest BCUT2D eigenvalue weighted by atomic mass is 10.2. The predicted molar refractivity (Wildman–Crippen MR) is 115 cm³/mol. The minimum atomic E-state index is -4.55. The number of halogens is 4. The highest BCUT2D eigenvalue weighted by atomic mass is 32.1. The molecule has 2 amide bonds. The molecule has 0 aliphatic carbocycles. The number of carbonyl (C=O) groups is 2. The second-order valence-corrected chi connectivity index (χ2v) is 7.89. The van der Waals surface area contributed by atoms with Gasteiger partial charge in [-0.25, -0.2) is 9.37 Å². The number of amides is 2. The zero-order chi connectivity index (χ0) is 24.0. The summed E-state index contributed by atoms with van der Waals surface area (Å²) >= 11 is 1.07. The molecular weight excluding hydrogens is 462 g/mol. The van der Waals surface area contributed by atoms with Gasteiger partial charge in [0.05, 0.1) is 29.3 Å². The highest BCUT2D eigenvalue weighted by Crippen LogP contribution is 2.35. The zero-order valence-electron chi connectivity index (χ0n) is 17.3. The number of rotatable bonds is 8. The molecule has 0 saturated carbocycles. The molecule has 33 heavy (non-hydrogen) atoms. The van der Waals surface area contributed by atoms with Gasteiger partial charge in [-0.15, -0.1) is 11.3 Å². The fourth-order valence-corrected chi connectivity index (χ4v) is 3.53. The molecule has 2 N–H and O–H groups in total. The van der Waals surface area contributed by atoms with Gasteiger partial charge in [0.2, 0.25) is 5.91 Å². The molecule has 3 rings (SSSR count). The van der Waals surface area contributed by atoms with Crippen molar-refractivity contribution in [1.82, 2.24) is 10.3 Å². The molecule has 0 aliphatic heterocycles.